The number of hydrogen-bond donors (Lipinski definition) is 2. The summed E-state index contributed by atoms with van der Waals surface area (Å²) in [5, 5.41) is 5.99. The number of alkyl halides is 2. The van der Waals surface area contributed by atoms with Gasteiger partial charge in [-0.1, -0.05) is 29.3 Å². The molecular weight excluding hydrogens is 297 g/mol. The van der Waals surface area contributed by atoms with Crippen LogP contribution < -0.4 is 10.6 Å². The summed E-state index contributed by atoms with van der Waals surface area (Å²) in [7, 11) is 0. The van der Waals surface area contributed by atoms with E-state index in [1.807, 2.05) is 0 Å². The molecular formula is C12H12Cl2F2N2O. The standard InChI is InChI=1S/C12H12Cl2F2N2O/c13-8-2-1-7(9(14)3-8)5-17-11(19)10-4-12(15,16)6-18-10/h1-3,10,18H,4-6H2,(H,17,19). The van der Waals surface area contributed by atoms with Crippen LogP contribution in [0, 0.1) is 0 Å². The van der Waals surface area contributed by atoms with Gasteiger partial charge < -0.3 is 5.32 Å². The van der Waals surface area contributed by atoms with Crippen molar-refractivity contribution >= 4 is 29.1 Å². The molecule has 0 spiro atoms. The third kappa shape index (κ3) is 3.78. The Hall–Kier alpha value is -0.910. The number of amides is 1. The van der Waals surface area contributed by atoms with E-state index in [0.29, 0.717) is 15.6 Å². The Balaban J connectivity index is 1.90. The lowest BCUT2D eigenvalue weighted by Gasteiger charge is -2.12. The second-order valence-electron chi connectivity index (χ2n) is 4.45. The molecule has 1 amide bonds. The number of carbonyl (C=O) groups excluding carboxylic acids is 1. The average molecular weight is 309 g/mol. The molecule has 7 heteroatoms. The Bertz CT molecular complexity index is 497. The fourth-order valence-electron chi connectivity index (χ4n) is 1.87. The predicted octanol–water partition coefficient (Wildman–Crippen LogP) is 2.61. The van der Waals surface area contributed by atoms with Crippen molar-refractivity contribution in [2.24, 2.45) is 0 Å². The van der Waals surface area contributed by atoms with Gasteiger partial charge in [-0.05, 0) is 17.7 Å². The molecule has 1 fully saturated rings. The average Bonchev–Trinajstić information content (AvgIpc) is 2.68. The Labute approximate surface area is 119 Å². The van der Waals surface area contributed by atoms with Gasteiger partial charge in [0.1, 0.15) is 0 Å². The minimum Gasteiger partial charge on any atom is -0.351 e. The Morgan fingerprint density at radius 1 is 1.47 bits per heavy atom. The van der Waals surface area contributed by atoms with Crippen LogP contribution in [-0.4, -0.2) is 24.4 Å². The van der Waals surface area contributed by atoms with E-state index in [2.05, 4.69) is 10.6 Å². The second-order valence-corrected chi connectivity index (χ2v) is 5.29. The molecule has 0 aromatic heterocycles. The predicted molar refractivity (Wildman–Crippen MR) is 69.7 cm³/mol. The Kier molecular flexibility index (Phi) is 4.28. The van der Waals surface area contributed by atoms with Gasteiger partial charge >= 0.3 is 0 Å². The monoisotopic (exact) mass is 308 g/mol. The van der Waals surface area contributed by atoms with Gasteiger partial charge in [-0.25, -0.2) is 8.78 Å². The van der Waals surface area contributed by atoms with Crippen molar-refractivity contribution in [3.8, 4) is 0 Å². The maximum Gasteiger partial charge on any atom is 0.262 e. The summed E-state index contributed by atoms with van der Waals surface area (Å²) in [6.45, 7) is -0.286. The molecule has 2 N–H and O–H groups in total. The number of halogens is 4. The van der Waals surface area contributed by atoms with Crippen LogP contribution in [0.5, 0.6) is 0 Å². The zero-order valence-corrected chi connectivity index (χ0v) is 11.4. The maximum absolute atomic E-state index is 12.9. The van der Waals surface area contributed by atoms with Crippen LogP contribution in [0.3, 0.4) is 0 Å². The molecule has 104 valence electrons. The Morgan fingerprint density at radius 3 is 2.79 bits per heavy atom. The highest BCUT2D eigenvalue weighted by molar-refractivity contribution is 6.35. The zero-order chi connectivity index (χ0) is 14.0. The first-order chi connectivity index (χ1) is 8.87. The van der Waals surface area contributed by atoms with Gasteiger partial charge in [-0.2, -0.15) is 0 Å². The summed E-state index contributed by atoms with van der Waals surface area (Å²) in [4.78, 5) is 11.7. The smallest absolute Gasteiger partial charge is 0.262 e. The van der Waals surface area contributed by atoms with Crippen LogP contribution in [0.1, 0.15) is 12.0 Å². The van der Waals surface area contributed by atoms with E-state index in [0.717, 1.165) is 0 Å². The molecule has 1 unspecified atom stereocenters. The molecule has 3 nitrogen and oxygen atoms in total. The third-order valence-electron chi connectivity index (χ3n) is 2.89. The summed E-state index contributed by atoms with van der Waals surface area (Å²) in [5.41, 5.74) is 0.684. The van der Waals surface area contributed by atoms with E-state index >= 15 is 0 Å². The number of hydrogen-bond acceptors (Lipinski definition) is 2. The molecule has 0 radical (unpaired) electrons. The highest BCUT2D eigenvalue weighted by atomic mass is 35.5. The van der Waals surface area contributed by atoms with E-state index in [9.17, 15) is 13.6 Å². The number of carbonyl (C=O) groups is 1. The van der Waals surface area contributed by atoms with Crippen LogP contribution in [-0.2, 0) is 11.3 Å². The van der Waals surface area contributed by atoms with Crippen LogP contribution in [0.15, 0.2) is 18.2 Å². The fraction of sp³-hybridized carbons (Fsp3) is 0.417. The van der Waals surface area contributed by atoms with Gasteiger partial charge in [-0.3, -0.25) is 10.1 Å². The third-order valence-corrected chi connectivity index (χ3v) is 3.48. The molecule has 1 saturated heterocycles. The van der Waals surface area contributed by atoms with Gasteiger partial charge in [0, 0.05) is 23.0 Å². The molecule has 1 atom stereocenters. The highest BCUT2D eigenvalue weighted by Gasteiger charge is 2.42. The van der Waals surface area contributed by atoms with Gasteiger partial charge in [-0.15, -0.1) is 0 Å². The normalized spacial score (nSPS) is 21.4. The Morgan fingerprint density at radius 2 is 2.21 bits per heavy atom. The fourth-order valence-corrected chi connectivity index (χ4v) is 2.35. The molecule has 1 aliphatic rings. The molecule has 0 bridgehead atoms. The summed E-state index contributed by atoms with van der Waals surface area (Å²) in [6.07, 6.45) is -0.479. The first-order valence-corrected chi connectivity index (χ1v) is 6.46. The van der Waals surface area contributed by atoms with Crippen LogP contribution in [0.2, 0.25) is 10.0 Å². The highest BCUT2D eigenvalue weighted by Crippen LogP contribution is 2.25. The lowest BCUT2D eigenvalue weighted by Crippen LogP contribution is -2.40. The van der Waals surface area contributed by atoms with Crippen molar-refractivity contribution in [1.82, 2.24) is 10.6 Å². The number of benzene rings is 1. The number of rotatable bonds is 3. The van der Waals surface area contributed by atoms with Crippen molar-refractivity contribution in [3.63, 3.8) is 0 Å². The number of nitrogens with one attached hydrogen (secondary N) is 2. The zero-order valence-electron chi connectivity index (χ0n) is 9.85. The SMILES string of the molecule is O=C(NCc1ccc(Cl)cc1Cl)C1CC(F)(F)CN1. The van der Waals surface area contributed by atoms with Crippen molar-refractivity contribution in [1.29, 1.82) is 0 Å². The van der Waals surface area contributed by atoms with Crippen LogP contribution >= 0.6 is 23.2 Å². The first-order valence-electron chi connectivity index (χ1n) is 5.70. The van der Waals surface area contributed by atoms with E-state index in [1.54, 1.807) is 18.2 Å². The minimum atomic E-state index is -2.82. The van der Waals surface area contributed by atoms with E-state index in [-0.39, 0.29) is 6.54 Å². The van der Waals surface area contributed by atoms with E-state index in [4.69, 9.17) is 23.2 Å². The summed E-state index contributed by atoms with van der Waals surface area (Å²) < 4.78 is 25.9. The molecule has 1 aliphatic heterocycles. The second kappa shape index (κ2) is 5.61. The summed E-state index contributed by atoms with van der Waals surface area (Å²) in [6, 6.07) is 4.03. The van der Waals surface area contributed by atoms with Crippen molar-refractivity contribution in [2.45, 2.75) is 24.9 Å². The molecule has 19 heavy (non-hydrogen) atoms. The lowest BCUT2D eigenvalue weighted by atomic mass is 10.1. The van der Waals surface area contributed by atoms with Crippen LogP contribution in [0.25, 0.3) is 0 Å². The largest absolute Gasteiger partial charge is 0.351 e. The summed E-state index contributed by atoms with van der Waals surface area (Å²) >= 11 is 11.7. The minimum absolute atomic E-state index is 0.179. The first kappa shape index (κ1) is 14.5. The van der Waals surface area contributed by atoms with Crippen molar-refractivity contribution in [3.05, 3.63) is 33.8 Å². The lowest BCUT2D eigenvalue weighted by molar-refractivity contribution is -0.123. The quantitative estimate of drug-likeness (QED) is 0.901. The summed E-state index contributed by atoms with van der Waals surface area (Å²) in [5.74, 6) is -3.27. The maximum atomic E-state index is 12.9. The topological polar surface area (TPSA) is 41.1 Å². The van der Waals surface area contributed by atoms with Gasteiger partial charge in [0.05, 0.1) is 12.6 Å². The molecule has 0 aliphatic carbocycles. The van der Waals surface area contributed by atoms with E-state index < -0.39 is 30.8 Å². The van der Waals surface area contributed by atoms with Crippen molar-refractivity contribution in [2.75, 3.05) is 6.54 Å². The molecule has 2 rings (SSSR count). The van der Waals surface area contributed by atoms with Gasteiger partial charge in [0.15, 0.2) is 0 Å². The molecule has 0 saturated carbocycles. The van der Waals surface area contributed by atoms with Gasteiger partial charge in [0.25, 0.3) is 5.92 Å². The molecule has 1 aromatic carbocycles. The molecule has 1 heterocycles. The van der Waals surface area contributed by atoms with Gasteiger partial charge in [0.2, 0.25) is 5.91 Å². The van der Waals surface area contributed by atoms with Crippen LogP contribution in [0.4, 0.5) is 8.78 Å². The van der Waals surface area contributed by atoms with Crippen molar-refractivity contribution < 1.29 is 13.6 Å². The van der Waals surface area contributed by atoms with E-state index in [1.165, 1.54) is 0 Å². The molecule has 1 aromatic rings.